The van der Waals surface area contributed by atoms with Crippen molar-refractivity contribution in [2.24, 2.45) is 4.99 Å². The van der Waals surface area contributed by atoms with Crippen molar-refractivity contribution in [1.29, 1.82) is 0 Å². The third-order valence-corrected chi connectivity index (χ3v) is 4.66. The van der Waals surface area contributed by atoms with Crippen molar-refractivity contribution < 1.29 is 14.3 Å². The van der Waals surface area contributed by atoms with Gasteiger partial charge in [-0.05, 0) is 43.7 Å². The van der Waals surface area contributed by atoms with Crippen LogP contribution < -0.4 is 15.4 Å². The number of hydrogen-bond donors (Lipinski definition) is 2. The molecule has 0 bridgehead atoms. The molecule has 0 spiro atoms. The van der Waals surface area contributed by atoms with Gasteiger partial charge in [0.2, 0.25) is 0 Å². The maximum Gasteiger partial charge on any atom is 0.341 e. The fourth-order valence-corrected chi connectivity index (χ4v) is 3.22. The van der Waals surface area contributed by atoms with E-state index < -0.39 is 5.97 Å². The Bertz CT molecular complexity index is 771. The summed E-state index contributed by atoms with van der Waals surface area (Å²) in [6, 6.07) is 9.62. The SMILES string of the molecule is CCNC(=NCc1ccc(OC)c(C(=O)OC)c1)NCc1ccc(C)s1. The fourth-order valence-electron chi connectivity index (χ4n) is 2.39. The van der Waals surface area contributed by atoms with Crippen molar-refractivity contribution in [2.45, 2.75) is 26.9 Å². The molecule has 2 N–H and O–H groups in total. The van der Waals surface area contributed by atoms with Crippen LogP contribution in [0, 0.1) is 6.92 Å². The Balaban J connectivity index is 2.09. The van der Waals surface area contributed by atoms with Crippen molar-refractivity contribution in [3.05, 3.63) is 51.2 Å². The highest BCUT2D eigenvalue weighted by Gasteiger charge is 2.13. The zero-order valence-electron chi connectivity index (χ0n) is 15.6. The predicted molar refractivity (Wildman–Crippen MR) is 105 cm³/mol. The number of guanidine groups is 1. The molecular formula is C19H25N3O3S. The van der Waals surface area contributed by atoms with Gasteiger partial charge in [-0.15, -0.1) is 11.3 Å². The topological polar surface area (TPSA) is 72.0 Å². The van der Waals surface area contributed by atoms with E-state index in [-0.39, 0.29) is 0 Å². The van der Waals surface area contributed by atoms with E-state index >= 15 is 0 Å². The van der Waals surface area contributed by atoms with E-state index in [1.807, 2.05) is 13.0 Å². The van der Waals surface area contributed by atoms with E-state index in [2.05, 4.69) is 34.7 Å². The summed E-state index contributed by atoms with van der Waals surface area (Å²) in [5, 5.41) is 6.55. The molecule has 1 heterocycles. The summed E-state index contributed by atoms with van der Waals surface area (Å²) in [7, 11) is 2.88. The minimum atomic E-state index is -0.425. The lowest BCUT2D eigenvalue weighted by Gasteiger charge is -2.11. The van der Waals surface area contributed by atoms with Crippen LogP contribution in [0.15, 0.2) is 35.3 Å². The van der Waals surface area contributed by atoms with E-state index in [4.69, 9.17) is 9.47 Å². The Kier molecular flexibility index (Phi) is 7.47. The van der Waals surface area contributed by atoms with Crippen LogP contribution >= 0.6 is 11.3 Å². The molecule has 1 aromatic heterocycles. The summed E-state index contributed by atoms with van der Waals surface area (Å²) in [6.45, 7) is 6.05. The van der Waals surface area contributed by atoms with E-state index in [9.17, 15) is 4.79 Å². The van der Waals surface area contributed by atoms with Crippen LogP contribution in [0.3, 0.4) is 0 Å². The van der Waals surface area contributed by atoms with Crippen molar-refractivity contribution in [3.8, 4) is 5.75 Å². The minimum Gasteiger partial charge on any atom is -0.496 e. The highest BCUT2D eigenvalue weighted by atomic mass is 32.1. The number of hydrogen-bond acceptors (Lipinski definition) is 5. The van der Waals surface area contributed by atoms with Gasteiger partial charge in [0, 0.05) is 16.3 Å². The Morgan fingerprint density at radius 2 is 2.00 bits per heavy atom. The monoisotopic (exact) mass is 375 g/mol. The van der Waals surface area contributed by atoms with Gasteiger partial charge in [0.25, 0.3) is 0 Å². The van der Waals surface area contributed by atoms with Gasteiger partial charge in [-0.3, -0.25) is 0 Å². The first kappa shape index (κ1) is 19.8. The number of esters is 1. The number of carbonyl (C=O) groups excluding carboxylic acids is 1. The molecule has 0 fully saturated rings. The summed E-state index contributed by atoms with van der Waals surface area (Å²) in [5.74, 6) is 0.794. The first-order valence-corrected chi connectivity index (χ1v) is 9.21. The molecule has 0 amide bonds. The highest BCUT2D eigenvalue weighted by molar-refractivity contribution is 7.11. The first-order chi connectivity index (χ1) is 12.6. The number of methoxy groups -OCH3 is 2. The van der Waals surface area contributed by atoms with Crippen molar-refractivity contribution >= 4 is 23.3 Å². The first-order valence-electron chi connectivity index (χ1n) is 8.40. The van der Waals surface area contributed by atoms with Crippen LogP contribution in [0.25, 0.3) is 0 Å². The molecule has 0 aliphatic heterocycles. The number of ether oxygens (including phenoxy) is 2. The Hall–Kier alpha value is -2.54. The summed E-state index contributed by atoms with van der Waals surface area (Å²) in [6.07, 6.45) is 0. The molecule has 0 saturated carbocycles. The molecule has 0 saturated heterocycles. The lowest BCUT2D eigenvalue weighted by Crippen LogP contribution is -2.36. The predicted octanol–water partition coefficient (Wildman–Crippen LogP) is 3.11. The number of carbonyl (C=O) groups is 1. The number of nitrogens with one attached hydrogen (secondary N) is 2. The molecular weight excluding hydrogens is 350 g/mol. The van der Waals surface area contributed by atoms with Crippen LogP contribution in [0.5, 0.6) is 5.75 Å². The smallest absolute Gasteiger partial charge is 0.341 e. The van der Waals surface area contributed by atoms with Crippen LogP contribution in [0.2, 0.25) is 0 Å². The molecule has 0 atom stereocenters. The molecule has 0 unspecified atom stereocenters. The van der Waals surface area contributed by atoms with E-state index in [1.54, 1.807) is 23.5 Å². The van der Waals surface area contributed by atoms with Gasteiger partial charge in [0.05, 0.1) is 27.3 Å². The van der Waals surface area contributed by atoms with Crippen LogP contribution in [-0.2, 0) is 17.8 Å². The number of aryl methyl sites for hydroxylation is 1. The third kappa shape index (κ3) is 5.49. The van der Waals surface area contributed by atoms with Crippen LogP contribution in [0.1, 0.15) is 32.6 Å². The van der Waals surface area contributed by atoms with Gasteiger partial charge in [-0.2, -0.15) is 0 Å². The summed E-state index contributed by atoms with van der Waals surface area (Å²) in [5.41, 5.74) is 1.30. The molecule has 0 aliphatic rings. The molecule has 0 aliphatic carbocycles. The number of benzene rings is 1. The van der Waals surface area contributed by atoms with Gasteiger partial charge < -0.3 is 20.1 Å². The summed E-state index contributed by atoms with van der Waals surface area (Å²) in [4.78, 5) is 19.0. The van der Waals surface area contributed by atoms with Crippen LogP contribution in [0.4, 0.5) is 0 Å². The molecule has 2 rings (SSSR count). The highest BCUT2D eigenvalue weighted by Crippen LogP contribution is 2.21. The second kappa shape index (κ2) is 9.82. The van der Waals surface area contributed by atoms with Gasteiger partial charge in [-0.1, -0.05) is 6.07 Å². The maximum atomic E-state index is 11.9. The number of nitrogens with zero attached hydrogens (tertiary/aromatic N) is 1. The number of rotatable bonds is 7. The van der Waals surface area contributed by atoms with Crippen molar-refractivity contribution in [1.82, 2.24) is 10.6 Å². The zero-order valence-corrected chi connectivity index (χ0v) is 16.4. The Morgan fingerprint density at radius 3 is 2.62 bits per heavy atom. The van der Waals surface area contributed by atoms with Gasteiger partial charge in [0.15, 0.2) is 5.96 Å². The van der Waals surface area contributed by atoms with E-state index in [0.717, 1.165) is 24.6 Å². The molecule has 0 radical (unpaired) electrons. The number of thiophene rings is 1. The zero-order chi connectivity index (χ0) is 18.9. The molecule has 140 valence electrons. The summed E-state index contributed by atoms with van der Waals surface area (Å²) < 4.78 is 10.0. The molecule has 6 nitrogen and oxygen atoms in total. The average molecular weight is 375 g/mol. The average Bonchev–Trinajstić information content (AvgIpc) is 3.08. The Labute approximate surface area is 158 Å². The van der Waals surface area contributed by atoms with Gasteiger partial charge in [-0.25, -0.2) is 9.79 Å². The van der Waals surface area contributed by atoms with Gasteiger partial charge >= 0.3 is 5.97 Å². The molecule has 1 aromatic carbocycles. The van der Waals surface area contributed by atoms with E-state index in [1.165, 1.54) is 24.0 Å². The molecule has 7 heteroatoms. The second-order valence-electron chi connectivity index (χ2n) is 5.59. The minimum absolute atomic E-state index is 0.398. The van der Waals surface area contributed by atoms with Gasteiger partial charge in [0.1, 0.15) is 11.3 Å². The normalized spacial score (nSPS) is 11.2. The lowest BCUT2D eigenvalue weighted by molar-refractivity contribution is 0.0597. The summed E-state index contributed by atoms with van der Waals surface area (Å²) >= 11 is 1.76. The quantitative estimate of drug-likeness (QED) is 0.442. The standard InChI is InChI=1S/C19H25N3O3S/c1-5-20-19(22-12-15-8-6-13(2)26-15)21-11-14-7-9-17(24-3)16(10-14)18(23)25-4/h6-10H,5,11-12H2,1-4H3,(H2,20,21,22). The van der Waals surface area contributed by atoms with Crippen molar-refractivity contribution in [2.75, 3.05) is 20.8 Å². The maximum absolute atomic E-state index is 11.9. The van der Waals surface area contributed by atoms with Crippen LogP contribution in [-0.4, -0.2) is 32.7 Å². The molecule has 2 aromatic rings. The van der Waals surface area contributed by atoms with Crippen molar-refractivity contribution in [3.63, 3.8) is 0 Å². The third-order valence-electron chi connectivity index (χ3n) is 3.66. The largest absolute Gasteiger partial charge is 0.496 e. The fraction of sp³-hybridized carbons (Fsp3) is 0.368. The second-order valence-corrected chi connectivity index (χ2v) is 6.96. The number of aliphatic imine (C=N–C) groups is 1. The Morgan fingerprint density at radius 1 is 1.19 bits per heavy atom. The molecule has 26 heavy (non-hydrogen) atoms. The van der Waals surface area contributed by atoms with E-state index in [0.29, 0.717) is 17.9 Å². The lowest BCUT2D eigenvalue weighted by atomic mass is 10.1.